The lowest BCUT2D eigenvalue weighted by atomic mass is 10.1. The largest absolute Gasteiger partial charge is 0.352 e. The van der Waals surface area contributed by atoms with E-state index in [2.05, 4.69) is 5.32 Å². The lowest BCUT2D eigenvalue weighted by Crippen LogP contribution is -2.63. The van der Waals surface area contributed by atoms with Crippen molar-refractivity contribution in [2.75, 3.05) is 13.1 Å². The van der Waals surface area contributed by atoms with Crippen LogP contribution in [-0.2, 0) is 9.59 Å². The molecule has 0 aliphatic carbocycles. The van der Waals surface area contributed by atoms with Crippen LogP contribution in [0.5, 0.6) is 0 Å². The Balaban J connectivity index is 1.80. The molecule has 2 amide bonds. The maximum Gasteiger partial charge on any atom is 0.241 e. The van der Waals surface area contributed by atoms with E-state index in [0.29, 0.717) is 19.5 Å². The molecule has 0 radical (unpaired) electrons. The van der Waals surface area contributed by atoms with E-state index in [1.165, 1.54) is 0 Å². The summed E-state index contributed by atoms with van der Waals surface area (Å²) < 4.78 is 0. The molecular formula is C8H13N3O2. The number of hydrogen-bond acceptors (Lipinski definition) is 3. The van der Waals surface area contributed by atoms with Gasteiger partial charge in [-0.3, -0.25) is 9.59 Å². The first kappa shape index (κ1) is 8.50. The third-order valence-corrected chi connectivity index (χ3v) is 2.57. The zero-order valence-corrected chi connectivity index (χ0v) is 7.32. The molecule has 2 heterocycles. The summed E-state index contributed by atoms with van der Waals surface area (Å²) >= 11 is 0. The van der Waals surface area contributed by atoms with E-state index < -0.39 is 0 Å². The van der Waals surface area contributed by atoms with Gasteiger partial charge in [0.1, 0.15) is 6.04 Å². The molecule has 0 aromatic carbocycles. The molecule has 2 rings (SSSR count). The van der Waals surface area contributed by atoms with Gasteiger partial charge >= 0.3 is 0 Å². The molecule has 0 saturated carbocycles. The van der Waals surface area contributed by atoms with Crippen molar-refractivity contribution in [3.63, 3.8) is 0 Å². The highest BCUT2D eigenvalue weighted by atomic mass is 16.2. The molecule has 5 heteroatoms. The summed E-state index contributed by atoms with van der Waals surface area (Å²) in [6.45, 7) is 1.25. The number of likely N-dealkylation sites (tertiary alicyclic amines) is 1. The Morgan fingerprint density at radius 3 is 2.77 bits per heavy atom. The predicted octanol–water partition coefficient (Wildman–Crippen LogP) is -1.57. The maximum absolute atomic E-state index is 11.1. The van der Waals surface area contributed by atoms with Crippen molar-refractivity contribution in [1.82, 2.24) is 10.2 Å². The summed E-state index contributed by atoms with van der Waals surface area (Å²) in [5.41, 5.74) is 5.44. The van der Waals surface area contributed by atoms with Gasteiger partial charge in [0.25, 0.3) is 0 Å². The van der Waals surface area contributed by atoms with Crippen LogP contribution in [0.25, 0.3) is 0 Å². The van der Waals surface area contributed by atoms with Crippen LogP contribution in [0.15, 0.2) is 0 Å². The topological polar surface area (TPSA) is 75.4 Å². The second-order valence-corrected chi connectivity index (χ2v) is 3.65. The van der Waals surface area contributed by atoms with E-state index in [9.17, 15) is 9.59 Å². The summed E-state index contributed by atoms with van der Waals surface area (Å²) in [5, 5.41) is 2.81. The first-order valence-electron chi connectivity index (χ1n) is 4.50. The molecule has 0 aromatic heterocycles. The minimum absolute atomic E-state index is 0.00106. The number of nitrogens with one attached hydrogen (secondary N) is 1. The zero-order valence-electron chi connectivity index (χ0n) is 7.32. The quantitative estimate of drug-likeness (QED) is 0.508. The first-order chi connectivity index (χ1) is 6.16. The van der Waals surface area contributed by atoms with Crippen molar-refractivity contribution >= 4 is 11.8 Å². The van der Waals surface area contributed by atoms with Crippen molar-refractivity contribution in [2.45, 2.75) is 24.9 Å². The number of nitrogens with zero attached hydrogens (tertiary/aromatic N) is 1. The smallest absolute Gasteiger partial charge is 0.241 e. The molecule has 2 aliphatic rings. The summed E-state index contributed by atoms with van der Waals surface area (Å²) in [6, 6.07) is -0.166. The number of carbonyl (C=O) groups excluding carboxylic acids is 2. The average molecular weight is 183 g/mol. The Morgan fingerprint density at radius 1 is 1.54 bits per heavy atom. The van der Waals surface area contributed by atoms with Gasteiger partial charge in [-0.15, -0.1) is 0 Å². The van der Waals surface area contributed by atoms with Crippen LogP contribution in [0.1, 0.15) is 12.8 Å². The van der Waals surface area contributed by atoms with Crippen molar-refractivity contribution < 1.29 is 9.59 Å². The molecule has 13 heavy (non-hydrogen) atoms. The van der Waals surface area contributed by atoms with Gasteiger partial charge in [0, 0.05) is 25.6 Å². The summed E-state index contributed by atoms with van der Waals surface area (Å²) in [7, 11) is 0. The average Bonchev–Trinajstić information content (AvgIpc) is 2.50. The fourth-order valence-electron chi connectivity index (χ4n) is 1.77. The monoisotopic (exact) mass is 183 g/mol. The van der Waals surface area contributed by atoms with Crippen molar-refractivity contribution in [2.24, 2.45) is 5.73 Å². The standard InChI is InChI=1S/C8H13N3O2/c9-6-4-11(8(6)13)3-5-1-2-7(12)10-5/h5-6H,1-4,9H2,(H,10,12). The second kappa shape index (κ2) is 2.99. The predicted molar refractivity (Wildman–Crippen MR) is 45.7 cm³/mol. The molecule has 0 aromatic rings. The van der Waals surface area contributed by atoms with Gasteiger partial charge in [-0.1, -0.05) is 0 Å². The van der Waals surface area contributed by atoms with E-state index in [1.54, 1.807) is 4.90 Å². The summed E-state index contributed by atoms with van der Waals surface area (Å²) in [4.78, 5) is 23.7. The SMILES string of the molecule is NC1CN(CC2CCC(=O)N2)C1=O. The van der Waals surface area contributed by atoms with E-state index in [1.807, 2.05) is 0 Å². The van der Waals surface area contributed by atoms with Crippen molar-refractivity contribution in [1.29, 1.82) is 0 Å². The normalized spacial score (nSPS) is 33.2. The van der Waals surface area contributed by atoms with Gasteiger partial charge in [-0.2, -0.15) is 0 Å². The van der Waals surface area contributed by atoms with Gasteiger partial charge in [-0.25, -0.2) is 0 Å². The second-order valence-electron chi connectivity index (χ2n) is 3.65. The highest BCUT2D eigenvalue weighted by Gasteiger charge is 2.35. The molecule has 0 bridgehead atoms. The lowest BCUT2D eigenvalue weighted by molar-refractivity contribution is -0.142. The molecule has 3 N–H and O–H groups in total. The number of β-lactam (4-membered cyclic amide) rings is 1. The van der Waals surface area contributed by atoms with Gasteiger partial charge in [0.15, 0.2) is 0 Å². The van der Waals surface area contributed by atoms with Gasteiger partial charge < -0.3 is 16.0 Å². The maximum atomic E-state index is 11.1. The Kier molecular flexibility index (Phi) is 1.95. The zero-order chi connectivity index (χ0) is 9.42. The number of hydrogen-bond donors (Lipinski definition) is 2. The van der Waals surface area contributed by atoms with Crippen LogP contribution in [0.3, 0.4) is 0 Å². The van der Waals surface area contributed by atoms with Crippen LogP contribution in [0.4, 0.5) is 0 Å². The van der Waals surface area contributed by atoms with E-state index in [4.69, 9.17) is 5.73 Å². The molecule has 72 valence electrons. The van der Waals surface area contributed by atoms with E-state index >= 15 is 0 Å². The number of nitrogens with two attached hydrogens (primary N) is 1. The van der Waals surface area contributed by atoms with Gasteiger partial charge in [0.05, 0.1) is 0 Å². The number of amides is 2. The Bertz CT molecular complexity index is 254. The van der Waals surface area contributed by atoms with Crippen LogP contribution in [0, 0.1) is 0 Å². The highest BCUT2D eigenvalue weighted by molar-refractivity contribution is 5.87. The molecule has 5 nitrogen and oxygen atoms in total. The van der Waals surface area contributed by atoms with Crippen LogP contribution in [-0.4, -0.2) is 41.9 Å². The Hall–Kier alpha value is -1.10. The molecule has 2 saturated heterocycles. The van der Waals surface area contributed by atoms with Gasteiger partial charge in [-0.05, 0) is 6.42 Å². The molecule has 2 fully saturated rings. The third-order valence-electron chi connectivity index (χ3n) is 2.57. The summed E-state index contributed by atoms with van der Waals surface area (Å²) in [5.74, 6) is 0.0865. The number of carbonyl (C=O) groups is 2. The van der Waals surface area contributed by atoms with E-state index in [-0.39, 0.29) is 23.9 Å². The van der Waals surface area contributed by atoms with Crippen LogP contribution >= 0.6 is 0 Å². The molecule has 2 atom stereocenters. The summed E-state index contributed by atoms with van der Waals surface area (Å²) in [6.07, 6.45) is 1.41. The Morgan fingerprint density at radius 2 is 2.31 bits per heavy atom. The molecule has 2 unspecified atom stereocenters. The van der Waals surface area contributed by atoms with Crippen LogP contribution < -0.4 is 11.1 Å². The fourth-order valence-corrected chi connectivity index (χ4v) is 1.77. The van der Waals surface area contributed by atoms with Crippen molar-refractivity contribution in [3.05, 3.63) is 0 Å². The minimum Gasteiger partial charge on any atom is -0.352 e. The fraction of sp³-hybridized carbons (Fsp3) is 0.750. The Labute approximate surface area is 76.3 Å². The minimum atomic E-state index is -0.308. The lowest BCUT2D eigenvalue weighted by Gasteiger charge is -2.37. The first-order valence-corrected chi connectivity index (χ1v) is 4.50. The van der Waals surface area contributed by atoms with E-state index in [0.717, 1.165) is 6.42 Å². The van der Waals surface area contributed by atoms with Crippen LogP contribution in [0.2, 0.25) is 0 Å². The van der Waals surface area contributed by atoms with Crippen molar-refractivity contribution in [3.8, 4) is 0 Å². The third kappa shape index (κ3) is 1.51. The molecule has 0 spiro atoms. The molecule has 2 aliphatic heterocycles. The highest BCUT2D eigenvalue weighted by Crippen LogP contribution is 2.13. The molecular weight excluding hydrogens is 170 g/mol. The van der Waals surface area contributed by atoms with Gasteiger partial charge in [0.2, 0.25) is 11.8 Å². The number of rotatable bonds is 2.